The zero-order chi connectivity index (χ0) is 26.0. The maximum absolute atomic E-state index is 14.2. The highest BCUT2D eigenvalue weighted by Gasteiger charge is 2.45. The minimum absolute atomic E-state index is 0.0550. The van der Waals surface area contributed by atoms with Crippen molar-refractivity contribution in [3.8, 4) is 5.75 Å². The van der Waals surface area contributed by atoms with Crippen LogP contribution in [0.25, 0.3) is 0 Å². The normalized spacial score (nSPS) is 20.0. The molecule has 2 heterocycles. The van der Waals surface area contributed by atoms with Gasteiger partial charge in [0.2, 0.25) is 0 Å². The van der Waals surface area contributed by atoms with Crippen LogP contribution in [0.3, 0.4) is 0 Å². The highest BCUT2D eigenvalue weighted by molar-refractivity contribution is 6.05. The van der Waals surface area contributed by atoms with Gasteiger partial charge in [0.25, 0.3) is 11.8 Å². The molecule has 0 radical (unpaired) electrons. The van der Waals surface area contributed by atoms with Gasteiger partial charge in [-0.05, 0) is 72.1 Å². The number of carbonyl (C=O) groups is 2. The molecule has 0 unspecified atom stereocenters. The molecular formula is C25H36F3N3O4. The summed E-state index contributed by atoms with van der Waals surface area (Å²) in [5.41, 5.74) is -2.66. The highest BCUT2D eigenvalue weighted by Crippen LogP contribution is 2.44. The van der Waals surface area contributed by atoms with Gasteiger partial charge < -0.3 is 24.6 Å². The van der Waals surface area contributed by atoms with E-state index in [4.69, 9.17) is 9.47 Å². The van der Waals surface area contributed by atoms with Crippen molar-refractivity contribution in [1.82, 2.24) is 10.2 Å². The number of fused-ring (bicyclic) bond motifs is 1. The van der Waals surface area contributed by atoms with Crippen LogP contribution >= 0.6 is 0 Å². The van der Waals surface area contributed by atoms with Gasteiger partial charge >= 0.3 is 6.18 Å². The lowest BCUT2D eigenvalue weighted by Gasteiger charge is -2.40. The molecule has 35 heavy (non-hydrogen) atoms. The molecule has 0 aliphatic carbocycles. The Morgan fingerprint density at radius 2 is 2.03 bits per heavy atom. The first kappa shape index (κ1) is 27.3. The van der Waals surface area contributed by atoms with E-state index >= 15 is 0 Å². The second-order valence-electron chi connectivity index (χ2n) is 9.94. The Labute approximate surface area is 204 Å². The lowest BCUT2D eigenvalue weighted by atomic mass is 9.96. The van der Waals surface area contributed by atoms with Gasteiger partial charge in [-0.25, -0.2) is 0 Å². The van der Waals surface area contributed by atoms with Gasteiger partial charge in [0, 0.05) is 38.9 Å². The molecule has 1 fully saturated rings. The molecule has 1 saturated heterocycles. The summed E-state index contributed by atoms with van der Waals surface area (Å²) in [6.45, 7) is 8.79. The van der Waals surface area contributed by atoms with E-state index in [1.807, 2.05) is 0 Å². The summed E-state index contributed by atoms with van der Waals surface area (Å²) >= 11 is 0. The summed E-state index contributed by atoms with van der Waals surface area (Å²) in [4.78, 5) is 29.8. The topological polar surface area (TPSA) is 71.1 Å². The van der Waals surface area contributed by atoms with E-state index in [0.717, 1.165) is 19.0 Å². The number of carbonyl (C=O) groups excluding carboxylic acids is 2. The molecule has 10 heteroatoms. The molecule has 1 atom stereocenters. The number of alkyl halides is 3. The highest BCUT2D eigenvalue weighted by atomic mass is 19.4. The van der Waals surface area contributed by atoms with Gasteiger partial charge in [-0.2, -0.15) is 13.2 Å². The van der Waals surface area contributed by atoms with Crippen molar-refractivity contribution in [2.45, 2.75) is 77.2 Å². The fourth-order valence-electron chi connectivity index (χ4n) is 4.80. The number of hydrogen-bond acceptors (Lipinski definition) is 5. The number of methoxy groups -OCH3 is 1. The fourth-order valence-corrected chi connectivity index (χ4v) is 4.80. The van der Waals surface area contributed by atoms with Crippen LogP contribution in [0, 0.1) is 0 Å². The van der Waals surface area contributed by atoms with Crippen LogP contribution < -0.4 is 15.0 Å². The number of benzene rings is 1. The minimum atomic E-state index is -4.77. The zero-order valence-corrected chi connectivity index (χ0v) is 21.1. The molecule has 1 aromatic carbocycles. The molecule has 196 valence electrons. The monoisotopic (exact) mass is 499 g/mol. The second kappa shape index (κ2) is 10.7. The lowest BCUT2D eigenvalue weighted by molar-refractivity contribution is -0.138. The average molecular weight is 500 g/mol. The third kappa shape index (κ3) is 5.91. The number of piperidine rings is 1. The summed E-state index contributed by atoms with van der Waals surface area (Å²) in [7, 11) is 1.58. The molecule has 1 N–H and O–H groups in total. The SMILES string of the molecule is COCCCCN1C(=O)C(C)(C)Oc2cc(C(F)(F)F)c(C(=O)N(C(C)C)[C@@H]3CCCNC3)cc21. The smallest absolute Gasteiger partial charge is 0.417 e. The maximum atomic E-state index is 14.2. The van der Waals surface area contributed by atoms with Crippen LogP contribution in [0.5, 0.6) is 5.75 Å². The van der Waals surface area contributed by atoms with Crippen molar-refractivity contribution >= 4 is 17.5 Å². The van der Waals surface area contributed by atoms with Crippen molar-refractivity contribution in [2.75, 3.05) is 38.3 Å². The summed E-state index contributed by atoms with van der Waals surface area (Å²) in [5.74, 6) is -1.11. The molecule has 2 aliphatic heterocycles. The Bertz CT molecular complexity index is 927. The number of rotatable bonds is 8. The molecule has 0 bridgehead atoms. The van der Waals surface area contributed by atoms with Crippen LogP contribution in [0.4, 0.5) is 18.9 Å². The van der Waals surface area contributed by atoms with E-state index in [1.54, 1.807) is 21.0 Å². The average Bonchev–Trinajstić information content (AvgIpc) is 2.78. The van der Waals surface area contributed by atoms with Crippen molar-refractivity contribution in [1.29, 1.82) is 0 Å². The predicted molar refractivity (Wildman–Crippen MR) is 127 cm³/mol. The molecule has 7 nitrogen and oxygen atoms in total. The number of nitrogens with one attached hydrogen (secondary N) is 1. The van der Waals surface area contributed by atoms with Gasteiger partial charge in [-0.3, -0.25) is 9.59 Å². The van der Waals surface area contributed by atoms with Crippen molar-refractivity contribution in [3.05, 3.63) is 23.3 Å². The zero-order valence-electron chi connectivity index (χ0n) is 21.1. The number of halogens is 3. The maximum Gasteiger partial charge on any atom is 0.417 e. The fraction of sp³-hybridized carbons (Fsp3) is 0.680. The Kier molecular flexibility index (Phi) is 8.36. The van der Waals surface area contributed by atoms with E-state index in [9.17, 15) is 22.8 Å². The van der Waals surface area contributed by atoms with E-state index in [-0.39, 0.29) is 36.0 Å². The standard InChI is InChI=1S/C25H36F3N3O4/c1-16(2)31(17-9-8-10-29-15-17)22(32)18-13-20-21(14-19(18)25(26,27)28)35-24(3,4)23(33)30(20)11-6-7-12-34-5/h13-14,16-17,29H,6-12,15H2,1-5H3/t17-/m1/s1. The molecule has 3 rings (SSSR count). The molecule has 2 amide bonds. The van der Waals surface area contributed by atoms with Gasteiger partial charge in [-0.15, -0.1) is 0 Å². The Morgan fingerprint density at radius 3 is 2.60 bits per heavy atom. The summed E-state index contributed by atoms with van der Waals surface area (Å²) in [6, 6.07) is 1.55. The van der Waals surface area contributed by atoms with E-state index < -0.39 is 28.8 Å². The quantitative estimate of drug-likeness (QED) is 0.542. The Morgan fingerprint density at radius 1 is 1.31 bits per heavy atom. The van der Waals surface area contributed by atoms with Gasteiger partial charge in [0.05, 0.1) is 16.8 Å². The first-order valence-corrected chi connectivity index (χ1v) is 12.2. The lowest BCUT2D eigenvalue weighted by Crippen LogP contribution is -2.53. The molecule has 0 aromatic heterocycles. The number of ether oxygens (including phenoxy) is 2. The van der Waals surface area contributed by atoms with E-state index in [2.05, 4.69) is 5.32 Å². The summed E-state index contributed by atoms with van der Waals surface area (Å²) < 4.78 is 53.4. The third-order valence-electron chi connectivity index (χ3n) is 6.49. The van der Waals surface area contributed by atoms with Gasteiger partial charge in [0.15, 0.2) is 5.60 Å². The van der Waals surface area contributed by atoms with Crippen molar-refractivity contribution in [3.63, 3.8) is 0 Å². The first-order valence-electron chi connectivity index (χ1n) is 12.2. The van der Waals surface area contributed by atoms with Crippen LogP contribution in [0.2, 0.25) is 0 Å². The number of nitrogens with zero attached hydrogens (tertiary/aromatic N) is 2. The largest absolute Gasteiger partial charge is 0.476 e. The Balaban J connectivity index is 2.10. The van der Waals surface area contributed by atoms with Crippen molar-refractivity contribution in [2.24, 2.45) is 0 Å². The van der Waals surface area contributed by atoms with Gasteiger partial charge in [-0.1, -0.05) is 0 Å². The van der Waals surface area contributed by atoms with E-state index in [0.29, 0.717) is 32.4 Å². The van der Waals surface area contributed by atoms with Crippen LogP contribution in [-0.2, 0) is 15.7 Å². The number of anilines is 1. The molecule has 0 saturated carbocycles. The number of hydrogen-bond donors (Lipinski definition) is 1. The third-order valence-corrected chi connectivity index (χ3v) is 6.49. The van der Waals surface area contributed by atoms with Crippen LogP contribution in [0.1, 0.15) is 69.3 Å². The number of unbranched alkanes of at least 4 members (excludes halogenated alkanes) is 1. The van der Waals surface area contributed by atoms with Crippen LogP contribution in [0.15, 0.2) is 12.1 Å². The number of amides is 2. The van der Waals surface area contributed by atoms with Crippen molar-refractivity contribution < 1.29 is 32.2 Å². The van der Waals surface area contributed by atoms with Crippen LogP contribution in [-0.4, -0.2) is 67.7 Å². The second-order valence-corrected chi connectivity index (χ2v) is 9.94. The molecule has 1 aromatic rings. The minimum Gasteiger partial charge on any atom is -0.476 e. The molecule has 2 aliphatic rings. The Hall–Kier alpha value is -2.33. The molecular weight excluding hydrogens is 463 g/mol. The van der Waals surface area contributed by atoms with E-state index in [1.165, 1.54) is 29.7 Å². The van der Waals surface area contributed by atoms with Gasteiger partial charge in [0.1, 0.15) is 5.75 Å². The molecule has 0 spiro atoms. The summed E-state index contributed by atoms with van der Waals surface area (Å²) in [5, 5.41) is 3.23. The first-order chi connectivity index (χ1) is 16.4. The predicted octanol–water partition coefficient (Wildman–Crippen LogP) is 4.24. The summed E-state index contributed by atoms with van der Waals surface area (Å²) in [6.07, 6.45) is -1.95.